The van der Waals surface area contributed by atoms with Crippen LogP contribution in [0, 0.1) is 0 Å². The summed E-state index contributed by atoms with van der Waals surface area (Å²) in [4.78, 5) is 21.9. The predicted molar refractivity (Wildman–Crippen MR) is 114 cm³/mol. The Morgan fingerprint density at radius 3 is 2.30 bits per heavy atom. The van der Waals surface area contributed by atoms with Crippen molar-refractivity contribution in [1.82, 2.24) is 4.90 Å². The zero-order valence-corrected chi connectivity index (χ0v) is 16.5. The van der Waals surface area contributed by atoms with Crippen LogP contribution in [-0.4, -0.2) is 29.1 Å². The van der Waals surface area contributed by atoms with E-state index in [9.17, 15) is 4.79 Å². The third-order valence-electron chi connectivity index (χ3n) is 4.89. The van der Waals surface area contributed by atoms with Gasteiger partial charge in [-0.2, -0.15) is 0 Å². The second-order valence-corrected chi connectivity index (χ2v) is 7.64. The van der Waals surface area contributed by atoms with Crippen molar-refractivity contribution in [1.29, 1.82) is 0 Å². The molecule has 2 aliphatic heterocycles. The molecule has 2 aliphatic rings. The van der Waals surface area contributed by atoms with Gasteiger partial charge in [0.15, 0.2) is 5.17 Å². The maximum absolute atomic E-state index is 12.6. The Morgan fingerprint density at radius 1 is 1.04 bits per heavy atom. The Hall–Kier alpha value is -2.53. The average molecular weight is 378 g/mol. The largest absolute Gasteiger partial charge is 0.363 e. The fourth-order valence-electron chi connectivity index (χ4n) is 3.49. The molecule has 2 aromatic rings. The van der Waals surface area contributed by atoms with Crippen LogP contribution in [0.15, 0.2) is 58.4 Å². The molecule has 2 aromatic carbocycles. The normalized spacial score (nSPS) is 19.4. The monoisotopic (exact) mass is 377 g/mol. The molecule has 0 spiro atoms. The average Bonchev–Trinajstić information content (AvgIpc) is 3.24. The summed E-state index contributed by atoms with van der Waals surface area (Å²) in [7, 11) is 0. The van der Waals surface area contributed by atoms with Gasteiger partial charge >= 0.3 is 0 Å². The number of amides is 1. The number of anilines is 1. The number of rotatable bonds is 4. The molecule has 1 saturated heterocycles. The van der Waals surface area contributed by atoms with Gasteiger partial charge in [0.1, 0.15) is 0 Å². The first-order valence-corrected chi connectivity index (χ1v) is 10.2. The number of carbonyl (C=O) groups excluding carboxylic acids is 1. The number of fused-ring (bicyclic) bond motifs is 1. The van der Waals surface area contributed by atoms with Crippen molar-refractivity contribution in [2.75, 3.05) is 18.0 Å². The summed E-state index contributed by atoms with van der Waals surface area (Å²) < 4.78 is 0. The standard InChI is InChI=1S/C22H23N3OS/c1-3-23-22-25(4-2)21(26)20(27-22)13-16-9-11-19(12-10-16)24-14-17-7-5-6-8-18(17)15-24/h5-13H,3-4,14-15H2,1-2H3/b20-13-,23-22?. The molecule has 0 unspecified atom stereocenters. The summed E-state index contributed by atoms with van der Waals surface area (Å²) in [6.45, 7) is 7.21. The third-order valence-corrected chi connectivity index (χ3v) is 5.94. The van der Waals surface area contributed by atoms with E-state index >= 15 is 0 Å². The molecule has 4 rings (SSSR count). The van der Waals surface area contributed by atoms with E-state index in [-0.39, 0.29) is 5.91 Å². The summed E-state index contributed by atoms with van der Waals surface area (Å²) in [5, 5.41) is 0.808. The van der Waals surface area contributed by atoms with E-state index in [1.54, 1.807) is 4.90 Å². The van der Waals surface area contributed by atoms with E-state index in [1.165, 1.54) is 28.6 Å². The van der Waals surface area contributed by atoms with Crippen molar-refractivity contribution in [3.8, 4) is 0 Å². The molecule has 1 amide bonds. The quantitative estimate of drug-likeness (QED) is 0.735. The maximum atomic E-state index is 12.6. The van der Waals surface area contributed by atoms with Gasteiger partial charge in [-0.1, -0.05) is 36.4 Å². The van der Waals surface area contributed by atoms with Crippen LogP contribution in [0.1, 0.15) is 30.5 Å². The van der Waals surface area contributed by atoms with E-state index in [4.69, 9.17) is 0 Å². The molecule has 1 fully saturated rings. The van der Waals surface area contributed by atoms with Gasteiger partial charge in [0, 0.05) is 31.9 Å². The van der Waals surface area contributed by atoms with Gasteiger partial charge in [-0.25, -0.2) is 0 Å². The van der Waals surface area contributed by atoms with Crippen molar-refractivity contribution in [2.45, 2.75) is 26.9 Å². The van der Waals surface area contributed by atoms with E-state index in [0.29, 0.717) is 13.1 Å². The number of amidine groups is 1. The number of thioether (sulfide) groups is 1. The van der Waals surface area contributed by atoms with Crippen LogP contribution in [0.25, 0.3) is 6.08 Å². The summed E-state index contributed by atoms with van der Waals surface area (Å²) in [6, 6.07) is 17.1. The lowest BCUT2D eigenvalue weighted by atomic mass is 10.1. The minimum atomic E-state index is 0.0498. The second-order valence-electron chi connectivity index (χ2n) is 6.63. The summed E-state index contributed by atoms with van der Waals surface area (Å²) >= 11 is 1.47. The lowest BCUT2D eigenvalue weighted by Gasteiger charge is -2.17. The molecular formula is C22H23N3OS. The van der Waals surface area contributed by atoms with Crippen LogP contribution in [0.5, 0.6) is 0 Å². The van der Waals surface area contributed by atoms with Gasteiger partial charge in [0.25, 0.3) is 5.91 Å². The number of carbonyl (C=O) groups is 1. The Bertz CT molecular complexity index is 892. The number of likely N-dealkylation sites (N-methyl/N-ethyl adjacent to an activating group) is 1. The molecule has 0 radical (unpaired) electrons. The van der Waals surface area contributed by atoms with Gasteiger partial charge < -0.3 is 4.90 Å². The third kappa shape index (κ3) is 3.52. The van der Waals surface area contributed by atoms with E-state index in [1.807, 2.05) is 19.9 Å². The molecule has 0 saturated carbocycles. The van der Waals surface area contributed by atoms with Crippen LogP contribution in [0.4, 0.5) is 5.69 Å². The highest BCUT2D eigenvalue weighted by atomic mass is 32.2. The number of aliphatic imine (C=N–C) groups is 1. The van der Waals surface area contributed by atoms with Crippen LogP contribution in [0.2, 0.25) is 0 Å². The fraction of sp³-hybridized carbons (Fsp3) is 0.273. The molecule has 5 heteroatoms. The molecule has 0 aromatic heterocycles. The molecule has 2 heterocycles. The first-order chi connectivity index (χ1) is 13.2. The minimum Gasteiger partial charge on any atom is -0.363 e. The zero-order valence-electron chi connectivity index (χ0n) is 15.7. The van der Waals surface area contributed by atoms with Crippen molar-refractivity contribution in [3.63, 3.8) is 0 Å². The Labute approximate surface area is 164 Å². The first-order valence-electron chi connectivity index (χ1n) is 9.37. The highest BCUT2D eigenvalue weighted by Gasteiger charge is 2.31. The van der Waals surface area contributed by atoms with Gasteiger partial charge in [-0.15, -0.1) is 0 Å². The molecule has 27 heavy (non-hydrogen) atoms. The van der Waals surface area contributed by atoms with E-state index in [2.05, 4.69) is 58.4 Å². The van der Waals surface area contributed by atoms with Gasteiger partial charge in [-0.3, -0.25) is 14.7 Å². The SMILES string of the molecule is CCN=C1S/C(=C\c2ccc(N3Cc4ccccc4C3)cc2)C(=O)N1CC. The molecule has 0 atom stereocenters. The van der Waals surface area contributed by atoms with Crippen LogP contribution >= 0.6 is 11.8 Å². The molecule has 0 aliphatic carbocycles. The van der Waals surface area contributed by atoms with Crippen molar-refractivity contribution >= 4 is 34.6 Å². The van der Waals surface area contributed by atoms with Crippen LogP contribution < -0.4 is 4.90 Å². The minimum absolute atomic E-state index is 0.0498. The smallest absolute Gasteiger partial charge is 0.266 e. The number of hydrogen-bond acceptors (Lipinski definition) is 4. The maximum Gasteiger partial charge on any atom is 0.266 e. The number of hydrogen-bond donors (Lipinski definition) is 0. The molecule has 0 N–H and O–H groups in total. The lowest BCUT2D eigenvalue weighted by molar-refractivity contribution is -0.122. The Morgan fingerprint density at radius 2 is 1.70 bits per heavy atom. The highest BCUT2D eigenvalue weighted by molar-refractivity contribution is 8.18. The van der Waals surface area contributed by atoms with Crippen LogP contribution in [0.3, 0.4) is 0 Å². The van der Waals surface area contributed by atoms with Crippen molar-refractivity contribution in [3.05, 3.63) is 70.1 Å². The second kappa shape index (κ2) is 7.61. The van der Waals surface area contributed by atoms with E-state index in [0.717, 1.165) is 28.7 Å². The summed E-state index contributed by atoms with van der Waals surface area (Å²) in [6.07, 6.45) is 1.97. The highest BCUT2D eigenvalue weighted by Crippen LogP contribution is 2.33. The topological polar surface area (TPSA) is 35.9 Å². The van der Waals surface area contributed by atoms with Crippen molar-refractivity contribution < 1.29 is 4.79 Å². The lowest BCUT2D eigenvalue weighted by Crippen LogP contribution is -2.28. The van der Waals surface area contributed by atoms with Gasteiger partial charge in [-0.05, 0) is 60.5 Å². The Balaban J connectivity index is 1.51. The molecular weight excluding hydrogens is 354 g/mol. The molecule has 138 valence electrons. The van der Waals surface area contributed by atoms with Gasteiger partial charge in [0.2, 0.25) is 0 Å². The Kier molecular flexibility index (Phi) is 5.03. The molecule has 0 bridgehead atoms. The summed E-state index contributed by atoms with van der Waals surface area (Å²) in [5.74, 6) is 0.0498. The fourth-order valence-corrected chi connectivity index (χ4v) is 4.59. The zero-order chi connectivity index (χ0) is 18.8. The predicted octanol–water partition coefficient (Wildman–Crippen LogP) is 4.52. The number of benzene rings is 2. The van der Waals surface area contributed by atoms with Crippen molar-refractivity contribution in [2.24, 2.45) is 4.99 Å². The molecule has 4 nitrogen and oxygen atoms in total. The van der Waals surface area contributed by atoms with E-state index < -0.39 is 0 Å². The van der Waals surface area contributed by atoms with Crippen LogP contribution in [-0.2, 0) is 17.9 Å². The first kappa shape index (κ1) is 17.9. The van der Waals surface area contributed by atoms with Gasteiger partial charge in [0.05, 0.1) is 4.91 Å². The summed E-state index contributed by atoms with van der Waals surface area (Å²) in [5.41, 5.74) is 5.06. The number of nitrogens with zero attached hydrogens (tertiary/aromatic N) is 3.